The van der Waals surface area contributed by atoms with Crippen LogP contribution >= 0.6 is 23.4 Å². The topological polar surface area (TPSA) is 83.3 Å². The second-order valence-corrected chi connectivity index (χ2v) is 8.46. The molecule has 3 aliphatic rings. The summed E-state index contributed by atoms with van der Waals surface area (Å²) in [7, 11) is 0. The van der Waals surface area contributed by atoms with Crippen molar-refractivity contribution in [2.45, 2.75) is 18.1 Å². The summed E-state index contributed by atoms with van der Waals surface area (Å²) in [6, 6.07) is 4.51. The number of halogens is 2. The Morgan fingerprint density at radius 1 is 1.25 bits per heavy atom. The molecule has 0 radical (unpaired) electrons. The molecule has 0 aromatic heterocycles. The van der Waals surface area contributed by atoms with Gasteiger partial charge in [0.1, 0.15) is 23.3 Å². The smallest absolute Gasteiger partial charge is 0.145 e. The van der Waals surface area contributed by atoms with Gasteiger partial charge in [-0.3, -0.25) is 4.90 Å². The van der Waals surface area contributed by atoms with Gasteiger partial charge in [-0.25, -0.2) is 9.38 Å². The lowest BCUT2D eigenvalue weighted by molar-refractivity contribution is 0.0364. The molecule has 4 rings (SSSR count). The Bertz CT molecular complexity index is 787. The lowest BCUT2D eigenvalue weighted by Gasteiger charge is -2.32. The number of rotatable bonds is 5. The Morgan fingerprint density at radius 2 is 2.04 bits per heavy atom. The number of thioether (sulfide) groups is 1. The van der Waals surface area contributed by atoms with Crippen LogP contribution in [0.25, 0.3) is 0 Å². The van der Waals surface area contributed by atoms with E-state index in [2.05, 4.69) is 14.8 Å². The number of ether oxygens (including phenoxy) is 1. The van der Waals surface area contributed by atoms with E-state index in [4.69, 9.17) is 27.8 Å². The van der Waals surface area contributed by atoms with Crippen molar-refractivity contribution in [3.05, 3.63) is 39.8 Å². The van der Waals surface area contributed by atoms with Crippen molar-refractivity contribution in [2.24, 2.45) is 16.5 Å². The van der Waals surface area contributed by atoms with Crippen LogP contribution in [-0.4, -0.2) is 67.2 Å². The summed E-state index contributed by atoms with van der Waals surface area (Å²) in [5.41, 5.74) is 13.3. The molecule has 1 saturated heterocycles. The van der Waals surface area contributed by atoms with Crippen molar-refractivity contribution in [2.75, 3.05) is 44.3 Å². The van der Waals surface area contributed by atoms with Crippen LogP contribution in [-0.2, 0) is 4.74 Å². The van der Waals surface area contributed by atoms with Crippen LogP contribution in [0.15, 0.2) is 33.9 Å². The Labute approximate surface area is 173 Å². The van der Waals surface area contributed by atoms with Gasteiger partial charge in [-0.2, -0.15) is 0 Å². The zero-order valence-corrected chi connectivity index (χ0v) is 17.0. The van der Waals surface area contributed by atoms with E-state index in [0.717, 1.165) is 56.5 Å². The summed E-state index contributed by atoms with van der Waals surface area (Å²) < 4.78 is 18.9. The highest BCUT2D eigenvalue weighted by atomic mass is 35.5. The first-order chi connectivity index (χ1) is 13.5. The zero-order valence-electron chi connectivity index (χ0n) is 15.4. The molecule has 0 aliphatic carbocycles. The molecule has 2 atom stereocenters. The predicted octanol–water partition coefficient (Wildman–Crippen LogP) is 1.79. The average Bonchev–Trinajstić information content (AvgIpc) is 3.02. The van der Waals surface area contributed by atoms with E-state index in [1.165, 1.54) is 17.8 Å². The summed E-state index contributed by atoms with van der Waals surface area (Å²) >= 11 is 7.44. The molecule has 4 N–H and O–H groups in total. The van der Waals surface area contributed by atoms with Gasteiger partial charge in [-0.1, -0.05) is 23.4 Å². The fourth-order valence-corrected chi connectivity index (χ4v) is 4.85. The maximum atomic E-state index is 13.5. The number of nitrogens with two attached hydrogens (primary N) is 2. The Hall–Kier alpha value is -1.36. The Morgan fingerprint density at radius 3 is 2.79 bits per heavy atom. The maximum absolute atomic E-state index is 13.5. The fourth-order valence-electron chi connectivity index (χ4n) is 3.56. The molecule has 1 fully saturated rings. The molecule has 10 heteroatoms. The monoisotopic (exact) mass is 426 g/mol. The molecule has 0 bridgehead atoms. The quantitative estimate of drug-likeness (QED) is 0.742. The Balaban J connectivity index is 1.42. The van der Waals surface area contributed by atoms with Crippen molar-refractivity contribution in [1.29, 1.82) is 0 Å². The van der Waals surface area contributed by atoms with Gasteiger partial charge in [-0.05, 0) is 24.6 Å². The number of hydrogen-bond acceptors (Lipinski definition) is 8. The van der Waals surface area contributed by atoms with Crippen LogP contribution in [0.5, 0.6) is 0 Å². The first-order valence-electron chi connectivity index (χ1n) is 9.31. The number of nitrogens with zero attached hydrogens (tertiary/aromatic N) is 4. The van der Waals surface area contributed by atoms with Gasteiger partial charge in [0.2, 0.25) is 0 Å². The van der Waals surface area contributed by atoms with Gasteiger partial charge < -0.3 is 26.0 Å². The van der Waals surface area contributed by atoms with E-state index in [9.17, 15) is 4.39 Å². The highest BCUT2D eigenvalue weighted by Gasteiger charge is 2.37. The molecule has 0 spiro atoms. The number of morpholine rings is 1. The van der Waals surface area contributed by atoms with Crippen LogP contribution in [0.2, 0.25) is 5.02 Å². The van der Waals surface area contributed by atoms with Crippen molar-refractivity contribution in [3.63, 3.8) is 0 Å². The van der Waals surface area contributed by atoms with Crippen molar-refractivity contribution in [3.8, 4) is 0 Å². The largest absolute Gasteiger partial charge is 0.379 e. The minimum atomic E-state index is -0.462. The lowest BCUT2D eigenvalue weighted by Crippen LogP contribution is -2.44. The van der Waals surface area contributed by atoms with Crippen molar-refractivity contribution >= 4 is 35.4 Å². The molecule has 152 valence electrons. The fraction of sp³-hybridized carbons (Fsp3) is 0.500. The lowest BCUT2D eigenvalue weighted by atomic mass is 10.2. The normalized spacial score (nSPS) is 25.6. The summed E-state index contributed by atoms with van der Waals surface area (Å²) in [6.07, 6.45) is 2.22. The van der Waals surface area contributed by atoms with Crippen molar-refractivity contribution in [1.82, 2.24) is 9.80 Å². The summed E-state index contributed by atoms with van der Waals surface area (Å²) in [6.45, 7) is 5.39. The minimum Gasteiger partial charge on any atom is -0.379 e. The number of anilines is 1. The number of aliphatic imine (C=N–C) groups is 1. The van der Waals surface area contributed by atoms with Crippen molar-refractivity contribution < 1.29 is 9.13 Å². The molecule has 28 heavy (non-hydrogen) atoms. The van der Waals surface area contributed by atoms with Gasteiger partial charge in [0.05, 0.1) is 29.5 Å². The third-order valence-corrected chi connectivity index (χ3v) is 6.56. The van der Waals surface area contributed by atoms with Crippen LogP contribution in [0.3, 0.4) is 0 Å². The summed E-state index contributed by atoms with van der Waals surface area (Å²) in [4.78, 5) is 11.8. The molecule has 3 aliphatic heterocycles. The standard InChI is InChI=1S/C18H24ClFN6OS/c19-13-10-12(2-3-14(13)20)26-11-23-17-15(16(26)21)28-18(22)25(17)5-1-4-24-6-8-27-9-7-24/h2-3,10-11,16,18H,1,4-9,21-22H2. The summed E-state index contributed by atoms with van der Waals surface area (Å²) in [5, 5.41) is 0.0541. The van der Waals surface area contributed by atoms with Crippen LogP contribution < -0.4 is 16.4 Å². The third kappa shape index (κ3) is 4.00. The highest BCUT2D eigenvalue weighted by Crippen LogP contribution is 2.41. The minimum absolute atomic E-state index is 0.0541. The van der Waals surface area contributed by atoms with Gasteiger partial charge in [0.15, 0.2) is 0 Å². The Kier molecular flexibility index (Phi) is 6.10. The van der Waals surface area contributed by atoms with Gasteiger partial charge in [0.25, 0.3) is 0 Å². The first kappa shape index (κ1) is 19.9. The molecule has 1 aromatic carbocycles. The van der Waals surface area contributed by atoms with Gasteiger partial charge in [0, 0.05) is 31.9 Å². The van der Waals surface area contributed by atoms with E-state index in [1.807, 2.05) is 0 Å². The highest BCUT2D eigenvalue weighted by molar-refractivity contribution is 8.03. The molecule has 3 heterocycles. The maximum Gasteiger partial charge on any atom is 0.145 e. The SMILES string of the molecule is NC1SC2=C(N=CN(c3ccc(F)c(Cl)c3)C2N)N1CCCN1CCOCC1. The van der Waals surface area contributed by atoms with E-state index < -0.39 is 12.0 Å². The average molecular weight is 427 g/mol. The molecule has 0 amide bonds. The van der Waals surface area contributed by atoms with Crippen LogP contribution in [0, 0.1) is 5.82 Å². The van der Waals surface area contributed by atoms with E-state index >= 15 is 0 Å². The first-order valence-corrected chi connectivity index (χ1v) is 10.6. The number of hydrogen-bond donors (Lipinski definition) is 2. The predicted molar refractivity (Wildman–Crippen MR) is 112 cm³/mol. The van der Waals surface area contributed by atoms with E-state index in [-0.39, 0.29) is 10.5 Å². The van der Waals surface area contributed by atoms with Crippen LogP contribution in [0.4, 0.5) is 10.1 Å². The van der Waals surface area contributed by atoms with Crippen LogP contribution in [0.1, 0.15) is 6.42 Å². The second kappa shape index (κ2) is 8.56. The third-order valence-electron chi connectivity index (χ3n) is 5.10. The molecule has 2 unspecified atom stereocenters. The molecule has 1 aromatic rings. The molecule has 7 nitrogen and oxygen atoms in total. The molecule has 0 saturated carbocycles. The number of benzene rings is 1. The van der Waals surface area contributed by atoms with E-state index in [1.54, 1.807) is 23.4 Å². The van der Waals surface area contributed by atoms with Gasteiger partial charge in [-0.15, -0.1) is 0 Å². The molecular weight excluding hydrogens is 403 g/mol. The molecular formula is C18H24ClFN6OS. The second-order valence-electron chi connectivity index (χ2n) is 6.89. The summed E-state index contributed by atoms with van der Waals surface area (Å²) in [5.74, 6) is 0.369. The van der Waals surface area contributed by atoms with E-state index in [0.29, 0.717) is 5.69 Å². The zero-order chi connectivity index (χ0) is 19.7. The van der Waals surface area contributed by atoms with Gasteiger partial charge >= 0.3 is 0 Å².